The summed E-state index contributed by atoms with van der Waals surface area (Å²) in [7, 11) is 3.87. The second kappa shape index (κ2) is 19.6. The van der Waals surface area contributed by atoms with Gasteiger partial charge in [0.2, 0.25) is 0 Å². The Kier molecular flexibility index (Phi) is 14.6. The molecule has 3 aromatic carbocycles. The highest BCUT2D eigenvalue weighted by atomic mass is 16.7. The van der Waals surface area contributed by atoms with Gasteiger partial charge in [0, 0.05) is 53.0 Å². The van der Waals surface area contributed by atoms with Gasteiger partial charge in [0.05, 0.1) is 61.0 Å². The summed E-state index contributed by atoms with van der Waals surface area (Å²) in [4.78, 5) is 39.6. The van der Waals surface area contributed by atoms with Crippen molar-refractivity contribution in [1.82, 2.24) is 4.90 Å². The molecule has 0 aliphatic carbocycles. The lowest BCUT2D eigenvalue weighted by atomic mass is 9.90. The van der Waals surface area contributed by atoms with Crippen LogP contribution in [0.4, 0.5) is 0 Å². The number of carbonyl (C=O) groups is 3. The smallest absolute Gasteiger partial charge is 0.343 e. The van der Waals surface area contributed by atoms with E-state index in [4.69, 9.17) is 47.4 Å². The van der Waals surface area contributed by atoms with Crippen molar-refractivity contribution < 1.29 is 61.8 Å². The minimum Gasteiger partial charge on any atom is -0.481 e. The zero-order chi connectivity index (χ0) is 38.6. The molecule has 14 nitrogen and oxygen atoms in total. The zero-order valence-corrected chi connectivity index (χ0v) is 31.8. The fraction of sp³-hybridized carbons (Fsp3) is 0.475. The molecule has 2 heterocycles. The number of aryl methyl sites for hydroxylation is 3. The largest absolute Gasteiger partial charge is 0.481 e. The summed E-state index contributed by atoms with van der Waals surface area (Å²) in [5.41, 5.74) is 6.32. The van der Waals surface area contributed by atoms with Crippen molar-refractivity contribution in [1.29, 1.82) is 0 Å². The van der Waals surface area contributed by atoms with Crippen LogP contribution in [0.3, 0.4) is 0 Å². The number of esters is 3. The molecule has 6 bridgehead atoms. The first-order valence-electron chi connectivity index (χ1n) is 17.7. The van der Waals surface area contributed by atoms with Crippen LogP contribution in [0.5, 0.6) is 17.2 Å². The lowest BCUT2D eigenvalue weighted by molar-refractivity contribution is -0.143. The van der Waals surface area contributed by atoms with E-state index in [1.54, 1.807) is 0 Å². The SMILES string of the molecule is COC(=O)COc1c2cc(C)cc1-c1cc(C)cc(c1OCC(=O)OC)-c1cc(C)cc(c1OCC(=O)OC)COCCN(CC1OCCO1)CCOC2. The molecule has 54 heavy (non-hydrogen) atoms. The monoisotopic (exact) mass is 751 g/mol. The number of carbonyl (C=O) groups excluding carboxylic acids is 3. The van der Waals surface area contributed by atoms with Crippen molar-refractivity contribution in [2.24, 2.45) is 0 Å². The third-order valence-corrected chi connectivity index (χ3v) is 8.84. The topological polar surface area (TPSA) is 147 Å². The Hall–Kier alpha value is -4.73. The highest BCUT2D eigenvalue weighted by Crippen LogP contribution is 2.48. The molecule has 0 spiro atoms. The number of hydrogen-bond donors (Lipinski definition) is 0. The van der Waals surface area contributed by atoms with Crippen molar-refractivity contribution >= 4 is 17.9 Å². The summed E-state index contributed by atoms with van der Waals surface area (Å²) in [6.07, 6.45) is -0.355. The van der Waals surface area contributed by atoms with Crippen molar-refractivity contribution in [3.8, 4) is 39.5 Å². The van der Waals surface area contributed by atoms with E-state index in [-0.39, 0.29) is 32.7 Å². The third-order valence-electron chi connectivity index (χ3n) is 8.84. The average Bonchev–Trinajstić information content (AvgIpc) is 3.68. The molecule has 14 heteroatoms. The molecule has 5 rings (SSSR count). The maximum absolute atomic E-state index is 12.6. The maximum Gasteiger partial charge on any atom is 0.343 e. The summed E-state index contributed by atoms with van der Waals surface area (Å²) in [5.74, 6) is -0.635. The van der Waals surface area contributed by atoms with Gasteiger partial charge in [0.25, 0.3) is 0 Å². The molecule has 0 saturated carbocycles. The average molecular weight is 752 g/mol. The van der Waals surface area contributed by atoms with Crippen LogP contribution in [-0.2, 0) is 60.8 Å². The number of hydrogen-bond acceptors (Lipinski definition) is 14. The van der Waals surface area contributed by atoms with Gasteiger partial charge in [0.15, 0.2) is 26.1 Å². The molecule has 0 atom stereocenters. The molecular formula is C40H49NO13. The van der Waals surface area contributed by atoms with Crippen molar-refractivity contribution in [2.75, 3.05) is 87.2 Å². The van der Waals surface area contributed by atoms with Crippen LogP contribution in [-0.4, -0.2) is 116 Å². The maximum atomic E-state index is 12.6. The van der Waals surface area contributed by atoms with Gasteiger partial charge in [-0.1, -0.05) is 12.1 Å². The Morgan fingerprint density at radius 1 is 0.574 bits per heavy atom. The summed E-state index contributed by atoms with van der Waals surface area (Å²) in [5, 5.41) is 0. The van der Waals surface area contributed by atoms with Crippen LogP contribution in [0.2, 0.25) is 0 Å². The molecule has 2 aliphatic heterocycles. The van der Waals surface area contributed by atoms with Crippen LogP contribution < -0.4 is 14.2 Å². The van der Waals surface area contributed by atoms with Gasteiger partial charge in [-0.05, 0) is 61.7 Å². The van der Waals surface area contributed by atoms with E-state index in [9.17, 15) is 14.4 Å². The molecule has 2 aliphatic rings. The fourth-order valence-corrected chi connectivity index (χ4v) is 6.32. The van der Waals surface area contributed by atoms with Gasteiger partial charge >= 0.3 is 17.9 Å². The molecule has 1 saturated heterocycles. The molecule has 0 N–H and O–H groups in total. The predicted molar refractivity (Wildman–Crippen MR) is 196 cm³/mol. The Morgan fingerprint density at radius 3 is 1.35 bits per heavy atom. The van der Waals surface area contributed by atoms with E-state index >= 15 is 0 Å². The summed E-state index contributed by atoms with van der Waals surface area (Å²) >= 11 is 0. The van der Waals surface area contributed by atoms with Crippen LogP contribution >= 0.6 is 0 Å². The summed E-state index contributed by atoms with van der Waals surface area (Å²) < 4.78 is 57.6. The van der Waals surface area contributed by atoms with E-state index in [2.05, 4.69) is 4.90 Å². The van der Waals surface area contributed by atoms with Gasteiger partial charge in [0.1, 0.15) is 17.2 Å². The Bertz CT molecular complexity index is 1680. The fourth-order valence-electron chi connectivity index (χ4n) is 6.32. The number of rotatable bonds is 11. The predicted octanol–water partition coefficient (Wildman–Crippen LogP) is 4.32. The normalized spacial score (nSPS) is 15.4. The number of benzene rings is 3. The van der Waals surface area contributed by atoms with Crippen LogP contribution in [0, 0.1) is 20.8 Å². The second-order valence-electron chi connectivity index (χ2n) is 13.0. The first-order valence-corrected chi connectivity index (χ1v) is 17.7. The molecule has 1 fully saturated rings. The second-order valence-corrected chi connectivity index (χ2v) is 13.0. The highest BCUT2D eigenvalue weighted by molar-refractivity contribution is 5.89. The third kappa shape index (κ3) is 10.7. The molecule has 0 aromatic heterocycles. The molecular weight excluding hydrogens is 702 g/mol. The minimum atomic E-state index is -0.594. The van der Waals surface area contributed by atoms with Crippen molar-refractivity contribution in [3.63, 3.8) is 0 Å². The van der Waals surface area contributed by atoms with E-state index in [0.717, 1.165) is 16.7 Å². The minimum absolute atomic E-state index is 0.162. The molecule has 292 valence electrons. The molecule has 0 radical (unpaired) electrons. The summed E-state index contributed by atoms with van der Waals surface area (Å²) in [6.45, 7) is 8.45. The van der Waals surface area contributed by atoms with E-state index in [0.29, 0.717) is 96.7 Å². The van der Waals surface area contributed by atoms with Crippen molar-refractivity contribution in [3.05, 3.63) is 64.2 Å². The first kappa shape index (κ1) is 40.5. The Labute approximate surface area is 315 Å². The summed E-state index contributed by atoms with van der Waals surface area (Å²) in [6, 6.07) is 11.6. The lowest BCUT2D eigenvalue weighted by Gasteiger charge is -2.26. The van der Waals surface area contributed by atoms with E-state index in [1.165, 1.54) is 21.3 Å². The number of ether oxygens (including phenoxy) is 10. The van der Waals surface area contributed by atoms with Crippen LogP contribution in [0.15, 0.2) is 36.4 Å². The van der Waals surface area contributed by atoms with Crippen LogP contribution in [0.25, 0.3) is 22.3 Å². The number of fused-ring (bicyclic) bond motifs is 8. The molecule has 3 aromatic rings. The van der Waals surface area contributed by atoms with Gasteiger partial charge in [-0.25, -0.2) is 14.4 Å². The van der Waals surface area contributed by atoms with Crippen molar-refractivity contribution in [2.45, 2.75) is 40.3 Å². The van der Waals surface area contributed by atoms with Gasteiger partial charge in [-0.3, -0.25) is 4.90 Å². The standard InChI is InChI=1S/C40H49NO13/c1-25-13-28-20-48-9-7-41(19-37-50-11-12-51-37)8-10-49-21-29-14-26(2)16-31(39(29)53-23-35(43)46-5)33-18-27(3)17-32(40(33)54-24-36(44)47-6)30(15-25)38(28)52-22-34(42)45-4/h13-18,37H,7-12,19-24H2,1-6H3. The molecule has 0 unspecified atom stereocenters. The number of methoxy groups -OCH3 is 3. The highest BCUT2D eigenvalue weighted by Gasteiger charge is 2.26. The zero-order valence-electron chi connectivity index (χ0n) is 31.8. The molecule has 0 amide bonds. The Balaban J connectivity index is 1.73. The van der Waals surface area contributed by atoms with Gasteiger partial charge in [-0.2, -0.15) is 0 Å². The lowest BCUT2D eigenvalue weighted by Crippen LogP contribution is -2.37. The Morgan fingerprint density at radius 2 is 0.944 bits per heavy atom. The van der Waals surface area contributed by atoms with Crippen LogP contribution in [0.1, 0.15) is 27.8 Å². The van der Waals surface area contributed by atoms with E-state index < -0.39 is 24.5 Å². The van der Waals surface area contributed by atoms with Gasteiger partial charge < -0.3 is 47.4 Å². The first-order chi connectivity index (χ1) is 26.1. The van der Waals surface area contributed by atoms with Gasteiger partial charge in [-0.15, -0.1) is 0 Å². The quantitative estimate of drug-likeness (QED) is 0.202. The van der Waals surface area contributed by atoms with E-state index in [1.807, 2.05) is 57.2 Å². The number of nitrogens with zero attached hydrogens (tertiary/aromatic N) is 1.